The van der Waals surface area contributed by atoms with E-state index < -0.39 is 0 Å². The average Bonchev–Trinajstić information content (AvgIpc) is 2.57. The van der Waals surface area contributed by atoms with Crippen molar-refractivity contribution in [2.45, 2.75) is 19.8 Å². The van der Waals surface area contributed by atoms with Crippen LogP contribution in [0, 0.1) is 6.92 Å². The number of benzene rings is 2. The monoisotopic (exact) mass is 374 g/mol. The predicted octanol–water partition coefficient (Wildman–Crippen LogP) is 3.90. The molecule has 0 spiro atoms. The van der Waals surface area contributed by atoms with Crippen molar-refractivity contribution in [3.8, 4) is 0 Å². The summed E-state index contributed by atoms with van der Waals surface area (Å²) in [7, 11) is 1.59. The predicted molar refractivity (Wildman–Crippen MR) is 101 cm³/mol. The molecule has 1 aromatic heterocycles. The van der Waals surface area contributed by atoms with Crippen molar-refractivity contribution in [3.05, 3.63) is 73.6 Å². The summed E-state index contributed by atoms with van der Waals surface area (Å²) in [5.74, 6) is -0.0210. The van der Waals surface area contributed by atoms with Crippen LogP contribution in [0.15, 0.2) is 41.2 Å². The molecule has 0 fully saturated rings. The van der Waals surface area contributed by atoms with Crippen molar-refractivity contribution in [1.29, 1.82) is 0 Å². The number of ketones is 1. The Labute approximate surface area is 155 Å². The number of fused-ring (bicyclic) bond motifs is 1. The van der Waals surface area contributed by atoms with E-state index in [9.17, 15) is 9.59 Å². The lowest BCUT2D eigenvalue weighted by molar-refractivity contribution is -0.117. The van der Waals surface area contributed by atoms with Gasteiger partial charge in [-0.15, -0.1) is 0 Å². The molecule has 0 unspecified atom stereocenters. The Morgan fingerprint density at radius 3 is 2.32 bits per heavy atom. The van der Waals surface area contributed by atoms with Gasteiger partial charge in [0.05, 0.1) is 17.5 Å². The number of rotatable bonds is 4. The van der Waals surface area contributed by atoms with Crippen LogP contribution in [-0.4, -0.2) is 15.6 Å². The molecular weight excluding hydrogens is 359 g/mol. The maximum absolute atomic E-state index is 12.5. The minimum absolute atomic E-state index is 0.0210. The Morgan fingerprint density at radius 1 is 1.08 bits per heavy atom. The van der Waals surface area contributed by atoms with Gasteiger partial charge in [-0.05, 0) is 36.2 Å². The molecule has 0 radical (unpaired) electrons. The number of carbonyl (C=O) groups excluding carboxylic acids is 1. The molecule has 0 saturated heterocycles. The van der Waals surface area contributed by atoms with Gasteiger partial charge < -0.3 is 0 Å². The molecule has 0 N–H and O–H groups in total. The van der Waals surface area contributed by atoms with Gasteiger partial charge in [0, 0.05) is 28.9 Å². The summed E-state index contributed by atoms with van der Waals surface area (Å²) in [6.07, 6.45) is 0.344. The normalized spacial score (nSPS) is 11.0. The summed E-state index contributed by atoms with van der Waals surface area (Å²) in [5, 5.41) is 6.61. The van der Waals surface area contributed by atoms with Crippen LogP contribution in [0.1, 0.15) is 16.8 Å². The molecule has 0 amide bonds. The molecule has 0 aliphatic heterocycles. The van der Waals surface area contributed by atoms with Crippen LogP contribution in [0.5, 0.6) is 0 Å². The molecule has 0 saturated carbocycles. The number of aryl methyl sites for hydroxylation is 1. The third-order valence-corrected chi connectivity index (χ3v) is 4.92. The zero-order valence-electron chi connectivity index (χ0n) is 13.8. The molecule has 3 aromatic rings. The van der Waals surface area contributed by atoms with Crippen LogP contribution in [-0.2, 0) is 24.7 Å². The van der Waals surface area contributed by atoms with Gasteiger partial charge in [0.15, 0.2) is 0 Å². The van der Waals surface area contributed by atoms with Gasteiger partial charge in [-0.1, -0.05) is 41.4 Å². The second-order valence-electron chi connectivity index (χ2n) is 6.00. The fraction of sp³-hybridized carbons (Fsp3) is 0.211. The highest BCUT2D eigenvalue weighted by Crippen LogP contribution is 2.26. The van der Waals surface area contributed by atoms with Crippen molar-refractivity contribution in [2.24, 2.45) is 7.05 Å². The van der Waals surface area contributed by atoms with E-state index in [1.54, 1.807) is 31.3 Å². The Balaban J connectivity index is 1.90. The summed E-state index contributed by atoms with van der Waals surface area (Å²) >= 11 is 12.3. The van der Waals surface area contributed by atoms with E-state index in [0.717, 1.165) is 11.1 Å². The molecule has 0 atom stereocenters. The Bertz CT molecular complexity index is 1020. The van der Waals surface area contributed by atoms with Gasteiger partial charge in [0.1, 0.15) is 5.78 Å². The van der Waals surface area contributed by atoms with Crippen molar-refractivity contribution in [2.75, 3.05) is 0 Å². The quantitative estimate of drug-likeness (QED) is 0.695. The summed E-state index contributed by atoms with van der Waals surface area (Å²) in [6.45, 7) is 1.83. The highest BCUT2D eigenvalue weighted by molar-refractivity contribution is 6.36. The van der Waals surface area contributed by atoms with Crippen LogP contribution >= 0.6 is 23.2 Å². The summed E-state index contributed by atoms with van der Waals surface area (Å²) < 4.78 is 1.27. The lowest BCUT2D eigenvalue weighted by Crippen LogP contribution is -2.22. The smallest absolute Gasteiger partial charge is 0.274 e. The average molecular weight is 375 g/mol. The van der Waals surface area contributed by atoms with E-state index >= 15 is 0 Å². The minimum atomic E-state index is -0.177. The molecule has 128 valence electrons. The summed E-state index contributed by atoms with van der Waals surface area (Å²) in [6, 6.07) is 10.7. The van der Waals surface area contributed by atoms with Gasteiger partial charge >= 0.3 is 0 Å². The minimum Gasteiger partial charge on any atom is -0.299 e. The van der Waals surface area contributed by atoms with E-state index in [0.29, 0.717) is 26.5 Å². The van der Waals surface area contributed by atoms with Crippen molar-refractivity contribution < 1.29 is 4.79 Å². The Morgan fingerprint density at radius 2 is 1.68 bits per heavy atom. The fourth-order valence-electron chi connectivity index (χ4n) is 2.78. The van der Waals surface area contributed by atoms with Crippen LogP contribution < -0.4 is 5.56 Å². The van der Waals surface area contributed by atoms with E-state index in [2.05, 4.69) is 5.10 Å². The van der Waals surface area contributed by atoms with Gasteiger partial charge in [0.25, 0.3) is 5.56 Å². The lowest BCUT2D eigenvalue weighted by Gasteiger charge is -2.09. The van der Waals surface area contributed by atoms with E-state index in [1.807, 2.05) is 19.1 Å². The highest BCUT2D eigenvalue weighted by Gasteiger charge is 2.14. The number of aromatic nitrogens is 2. The van der Waals surface area contributed by atoms with Crippen molar-refractivity contribution in [1.82, 2.24) is 9.78 Å². The number of Topliss-reactive ketones (excluding diaryl/α,β-unsaturated/α-hetero) is 1. The lowest BCUT2D eigenvalue weighted by atomic mass is 10.0. The van der Waals surface area contributed by atoms with Crippen LogP contribution in [0.25, 0.3) is 10.8 Å². The third-order valence-electron chi connectivity index (χ3n) is 4.14. The zero-order chi connectivity index (χ0) is 18.1. The number of hydrogen-bond donors (Lipinski definition) is 0. The molecule has 2 aromatic carbocycles. The highest BCUT2D eigenvalue weighted by atomic mass is 35.5. The second kappa shape index (κ2) is 6.98. The fourth-order valence-corrected chi connectivity index (χ4v) is 3.32. The molecule has 4 nitrogen and oxygen atoms in total. The van der Waals surface area contributed by atoms with Crippen LogP contribution in [0.2, 0.25) is 10.0 Å². The first-order chi connectivity index (χ1) is 11.9. The SMILES string of the molecule is Cc1c(Cl)cc(CC(=O)Cc2nn(C)c(=O)c3ccccc23)cc1Cl. The van der Waals surface area contributed by atoms with Gasteiger partial charge in [-0.25, -0.2) is 4.68 Å². The summed E-state index contributed by atoms with van der Waals surface area (Å²) in [5.41, 5.74) is 1.97. The maximum atomic E-state index is 12.5. The van der Waals surface area contributed by atoms with Gasteiger partial charge in [-0.3, -0.25) is 9.59 Å². The largest absolute Gasteiger partial charge is 0.299 e. The standard InChI is InChI=1S/C19H16Cl2N2O2/c1-11-16(20)8-12(9-17(11)21)7-13(24)10-18-14-5-3-4-6-15(14)19(25)23(2)22-18/h3-6,8-9H,7,10H2,1-2H3. The molecule has 0 aliphatic rings. The molecule has 3 rings (SSSR count). The topological polar surface area (TPSA) is 52.0 Å². The van der Waals surface area contributed by atoms with Gasteiger partial charge in [0.2, 0.25) is 0 Å². The first-order valence-corrected chi connectivity index (χ1v) is 8.53. The molecule has 0 bridgehead atoms. The molecule has 0 aliphatic carbocycles. The zero-order valence-corrected chi connectivity index (χ0v) is 15.4. The van der Waals surface area contributed by atoms with Crippen molar-refractivity contribution >= 4 is 39.8 Å². The maximum Gasteiger partial charge on any atom is 0.274 e. The number of hydrogen-bond acceptors (Lipinski definition) is 3. The number of nitrogens with zero attached hydrogens (tertiary/aromatic N) is 2. The van der Waals surface area contributed by atoms with E-state index in [-0.39, 0.29) is 24.2 Å². The first kappa shape index (κ1) is 17.6. The number of halogens is 2. The third kappa shape index (κ3) is 3.60. The van der Waals surface area contributed by atoms with Crippen LogP contribution in [0.4, 0.5) is 0 Å². The second-order valence-corrected chi connectivity index (χ2v) is 6.81. The van der Waals surface area contributed by atoms with E-state index in [4.69, 9.17) is 23.2 Å². The molecule has 1 heterocycles. The first-order valence-electron chi connectivity index (χ1n) is 7.78. The molecular formula is C19H16Cl2N2O2. The summed E-state index contributed by atoms with van der Waals surface area (Å²) in [4.78, 5) is 24.7. The van der Waals surface area contributed by atoms with Crippen molar-refractivity contribution in [3.63, 3.8) is 0 Å². The Kier molecular flexibility index (Phi) is 4.93. The molecule has 25 heavy (non-hydrogen) atoms. The molecule has 6 heteroatoms. The van der Waals surface area contributed by atoms with E-state index in [1.165, 1.54) is 4.68 Å². The number of carbonyl (C=O) groups is 1. The Hall–Kier alpha value is -2.17. The van der Waals surface area contributed by atoms with Crippen LogP contribution in [0.3, 0.4) is 0 Å². The van der Waals surface area contributed by atoms with Gasteiger partial charge in [-0.2, -0.15) is 5.10 Å².